The van der Waals surface area contributed by atoms with Crippen LogP contribution < -0.4 is 5.32 Å². The maximum absolute atomic E-state index is 9.66. The highest BCUT2D eigenvalue weighted by Crippen LogP contribution is 2.32. The van der Waals surface area contributed by atoms with Crippen molar-refractivity contribution in [3.8, 4) is 5.75 Å². The van der Waals surface area contributed by atoms with Crippen molar-refractivity contribution < 1.29 is 5.11 Å². The van der Waals surface area contributed by atoms with Crippen molar-refractivity contribution in [1.82, 2.24) is 15.5 Å². The van der Waals surface area contributed by atoms with Crippen molar-refractivity contribution >= 4 is 0 Å². The molecule has 1 aromatic heterocycles. The minimum Gasteiger partial charge on any atom is -0.508 e. The zero-order valence-electron chi connectivity index (χ0n) is 11.1. The molecule has 0 radical (unpaired) electrons. The zero-order valence-corrected chi connectivity index (χ0v) is 11.1. The molecule has 0 spiro atoms. The Morgan fingerprint density at radius 1 is 1.47 bits per heavy atom. The molecule has 3 rings (SSSR count). The van der Waals surface area contributed by atoms with E-state index in [1.807, 2.05) is 25.3 Å². The molecular weight excluding hydrogens is 238 g/mol. The summed E-state index contributed by atoms with van der Waals surface area (Å²) in [4.78, 5) is 0. The van der Waals surface area contributed by atoms with E-state index in [4.69, 9.17) is 0 Å². The smallest absolute Gasteiger partial charge is 0.115 e. The SMILES string of the molecule is Cc1[nH]ncc1CNC1CCCc2ccc(O)cc21. The Kier molecular flexibility index (Phi) is 3.25. The van der Waals surface area contributed by atoms with Crippen LogP contribution in [0.1, 0.15) is 41.3 Å². The second-order valence-corrected chi connectivity index (χ2v) is 5.23. The predicted molar refractivity (Wildman–Crippen MR) is 74.0 cm³/mol. The molecule has 0 saturated heterocycles. The Morgan fingerprint density at radius 3 is 3.16 bits per heavy atom. The molecule has 100 valence electrons. The highest BCUT2D eigenvalue weighted by molar-refractivity contribution is 5.38. The first-order valence-electron chi connectivity index (χ1n) is 6.78. The zero-order chi connectivity index (χ0) is 13.2. The first kappa shape index (κ1) is 12.2. The van der Waals surface area contributed by atoms with E-state index in [2.05, 4.69) is 15.5 Å². The number of aromatic hydroxyl groups is 1. The van der Waals surface area contributed by atoms with Gasteiger partial charge < -0.3 is 10.4 Å². The molecule has 3 N–H and O–H groups in total. The fourth-order valence-corrected chi connectivity index (χ4v) is 2.79. The normalized spacial score (nSPS) is 18.3. The number of benzene rings is 1. The van der Waals surface area contributed by atoms with Crippen LogP contribution in [-0.2, 0) is 13.0 Å². The lowest BCUT2D eigenvalue weighted by molar-refractivity contribution is 0.445. The number of aromatic nitrogens is 2. The van der Waals surface area contributed by atoms with E-state index in [0.717, 1.165) is 25.1 Å². The van der Waals surface area contributed by atoms with Crippen LogP contribution in [0.4, 0.5) is 0 Å². The Morgan fingerprint density at radius 2 is 2.37 bits per heavy atom. The molecular formula is C15H19N3O. The van der Waals surface area contributed by atoms with E-state index in [0.29, 0.717) is 11.8 Å². The lowest BCUT2D eigenvalue weighted by Crippen LogP contribution is -2.24. The Labute approximate surface area is 112 Å². The number of nitrogens with zero attached hydrogens (tertiary/aromatic N) is 1. The molecule has 0 fully saturated rings. The summed E-state index contributed by atoms with van der Waals surface area (Å²) >= 11 is 0. The van der Waals surface area contributed by atoms with Gasteiger partial charge in [0, 0.05) is 23.8 Å². The van der Waals surface area contributed by atoms with Crippen LogP contribution in [0.2, 0.25) is 0 Å². The van der Waals surface area contributed by atoms with Gasteiger partial charge in [-0.15, -0.1) is 0 Å². The maximum atomic E-state index is 9.66. The molecule has 0 bridgehead atoms. The van der Waals surface area contributed by atoms with Gasteiger partial charge in [-0.25, -0.2) is 0 Å². The first-order valence-corrected chi connectivity index (χ1v) is 6.78. The third-order valence-corrected chi connectivity index (χ3v) is 3.92. The number of aromatic amines is 1. The average Bonchev–Trinajstić information content (AvgIpc) is 2.82. The number of phenolic OH excluding ortho intramolecular Hbond substituents is 1. The fraction of sp³-hybridized carbons (Fsp3) is 0.400. The molecule has 1 aliphatic carbocycles. The molecule has 2 aromatic rings. The number of phenols is 1. The number of nitrogens with one attached hydrogen (secondary N) is 2. The quantitative estimate of drug-likeness (QED) is 0.792. The fourth-order valence-electron chi connectivity index (χ4n) is 2.79. The van der Waals surface area contributed by atoms with Crippen molar-refractivity contribution in [2.75, 3.05) is 0 Å². The third-order valence-electron chi connectivity index (χ3n) is 3.92. The highest BCUT2D eigenvalue weighted by Gasteiger charge is 2.20. The van der Waals surface area contributed by atoms with Gasteiger partial charge in [-0.3, -0.25) is 5.10 Å². The summed E-state index contributed by atoms with van der Waals surface area (Å²) in [6.45, 7) is 2.84. The molecule has 0 aliphatic heterocycles. The van der Waals surface area contributed by atoms with Crippen molar-refractivity contribution in [1.29, 1.82) is 0 Å². The van der Waals surface area contributed by atoms with E-state index in [1.165, 1.54) is 23.1 Å². The number of hydrogen-bond donors (Lipinski definition) is 3. The predicted octanol–water partition coefficient (Wildman–Crippen LogP) is 2.59. The highest BCUT2D eigenvalue weighted by atomic mass is 16.3. The summed E-state index contributed by atoms with van der Waals surface area (Å²) in [7, 11) is 0. The van der Waals surface area contributed by atoms with E-state index >= 15 is 0 Å². The molecule has 0 amide bonds. The average molecular weight is 257 g/mol. The van der Waals surface area contributed by atoms with Crippen LogP contribution in [0, 0.1) is 6.92 Å². The van der Waals surface area contributed by atoms with Gasteiger partial charge in [0.25, 0.3) is 0 Å². The molecule has 19 heavy (non-hydrogen) atoms. The van der Waals surface area contributed by atoms with Crippen molar-refractivity contribution in [3.05, 3.63) is 46.8 Å². The maximum Gasteiger partial charge on any atom is 0.115 e. The minimum absolute atomic E-state index is 0.324. The standard InChI is InChI=1S/C15H19N3O/c1-10-12(9-17-18-10)8-16-15-4-2-3-11-5-6-13(19)7-14(11)15/h5-7,9,15-16,19H,2-4,8H2,1H3,(H,17,18). The van der Waals surface area contributed by atoms with Crippen LogP contribution in [0.15, 0.2) is 24.4 Å². The number of rotatable bonds is 3. The lowest BCUT2D eigenvalue weighted by atomic mass is 9.87. The minimum atomic E-state index is 0.324. The van der Waals surface area contributed by atoms with Crippen LogP contribution in [0.5, 0.6) is 5.75 Å². The molecule has 0 saturated carbocycles. The van der Waals surface area contributed by atoms with E-state index in [1.54, 1.807) is 6.07 Å². The molecule has 4 nitrogen and oxygen atoms in total. The van der Waals surface area contributed by atoms with Crippen molar-refractivity contribution in [2.24, 2.45) is 0 Å². The number of fused-ring (bicyclic) bond motifs is 1. The van der Waals surface area contributed by atoms with Crippen molar-refractivity contribution in [3.63, 3.8) is 0 Å². The third kappa shape index (κ3) is 2.49. The summed E-state index contributed by atoms with van der Waals surface area (Å²) in [5.41, 5.74) is 4.91. The summed E-state index contributed by atoms with van der Waals surface area (Å²) in [6.07, 6.45) is 5.29. The molecule has 1 atom stereocenters. The number of H-pyrrole nitrogens is 1. The molecule has 4 heteroatoms. The van der Waals surface area contributed by atoms with E-state index in [9.17, 15) is 5.11 Å². The Bertz CT molecular complexity index is 577. The first-order chi connectivity index (χ1) is 9.24. The van der Waals surface area contributed by atoms with Gasteiger partial charge >= 0.3 is 0 Å². The van der Waals surface area contributed by atoms with Gasteiger partial charge in [-0.05, 0) is 49.4 Å². The summed E-state index contributed by atoms with van der Waals surface area (Å²) < 4.78 is 0. The second kappa shape index (κ2) is 5.05. The van der Waals surface area contributed by atoms with E-state index < -0.39 is 0 Å². The van der Waals surface area contributed by atoms with Crippen molar-refractivity contribution in [2.45, 2.75) is 38.8 Å². The van der Waals surface area contributed by atoms with Crippen LogP contribution in [0.25, 0.3) is 0 Å². The summed E-state index contributed by atoms with van der Waals surface area (Å²) in [5, 5.41) is 20.2. The van der Waals surface area contributed by atoms with Gasteiger partial charge in [0.2, 0.25) is 0 Å². The summed E-state index contributed by atoms with van der Waals surface area (Å²) in [5.74, 6) is 0.354. The van der Waals surface area contributed by atoms with Gasteiger partial charge in [0.05, 0.1) is 6.20 Å². The largest absolute Gasteiger partial charge is 0.508 e. The Balaban J connectivity index is 1.76. The van der Waals surface area contributed by atoms with Gasteiger partial charge in [-0.1, -0.05) is 6.07 Å². The number of aryl methyl sites for hydroxylation is 2. The van der Waals surface area contributed by atoms with Gasteiger partial charge in [0.15, 0.2) is 0 Å². The van der Waals surface area contributed by atoms with Crippen LogP contribution in [-0.4, -0.2) is 15.3 Å². The molecule has 1 unspecified atom stereocenters. The molecule has 1 aromatic carbocycles. The number of hydrogen-bond acceptors (Lipinski definition) is 3. The topological polar surface area (TPSA) is 60.9 Å². The molecule has 1 heterocycles. The lowest BCUT2D eigenvalue weighted by Gasteiger charge is -2.26. The molecule has 1 aliphatic rings. The van der Waals surface area contributed by atoms with E-state index in [-0.39, 0.29) is 0 Å². The summed E-state index contributed by atoms with van der Waals surface area (Å²) in [6, 6.07) is 6.04. The van der Waals surface area contributed by atoms with Crippen LogP contribution >= 0.6 is 0 Å². The second-order valence-electron chi connectivity index (χ2n) is 5.23. The van der Waals surface area contributed by atoms with Crippen LogP contribution in [0.3, 0.4) is 0 Å². The Hall–Kier alpha value is -1.81. The monoisotopic (exact) mass is 257 g/mol. The van der Waals surface area contributed by atoms with Gasteiger partial charge in [0.1, 0.15) is 5.75 Å². The van der Waals surface area contributed by atoms with Gasteiger partial charge in [-0.2, -0.15) is 5.10 Å².